The summed E-state index contributed by atoms with van der Waals surface area (Å²) in [6.07, 6.45) is 2.02. The lowest BCUT2D eigenvalue weighted by Gasteiger charge is -2.34. The molecule has 1 aromatic carbocycles. The Kier molecular flexibility index (Phi) is 8.25. The van der Waals surface area contributed by atoms with Crippen LogP contribution >= 0.6 is 23.7 Å². The van der Waals surface area contributed by atoms with Crippen LogP contribution in [0.15, 0.2) is 35.7 Å². The maximum absolute atomic E-state index is 13.0. The van der Waals surface area contributed by atoms with E-state index in [9.17, 15) is 9.59 Å². The van der Waals surface area contributed by atoms with Crippen LogP contribution in [-0.2, 0) is 0 Å². The number of amides is 2. The third-order valence-corrected chi connectivity index (χ3v) is 6.28. The van der Waals surface area contributed by atoms with Gasteiger partial charge in [0.05, 0.1) is 5.56 Å². The van der Waals surface area contributed by atoms with Crippen molar-refractivity contribution in [2.45, 2.75) is 45.6 Å². The van der Waals surface area contributed by atoms with Crippen molar-refractivity contribution in [3.8, 4) is 0 Å². The molecule has 0 aliphatic carbocycles. The maximum atomic E-state index is 13.0. The van der Waals surface area contributed by atoms with E-state index in [1.165, 1.54) is 16.9 Å². The van der Waals surface area contributed by atoms with Gasteiger partial charge in [-0.25, -0.2) is 0 Å². The number of nitrogens with one attached hydrogen (secondary N) is 1. The number of anilines is 1. The van der Waals surface area contributed by atoms with Crippen molar-refractivity contribution in [2.75, 3.05) is 18.4 Å². The van der Waals surface area contributed by atoms with Gasteiger partial charge in [-0.05, 0) is 60.7 Å². The summed E-state index contributed by atoms with van der Waals surface area (Å²) < 4.78 is 0. The fourth-order valence-electron chi connectivity index (χ4n) is 3.56. The van der Waals surface area contributed by atoms with Crippen LogP contribution in [0.1, 0.15) is 65.8 Å². The number of thiophene rings is 1. The van der Waals surface area contributed by atoms with Crippen molar-refractivity contribution in [2.24, 2.45) is 11.7 Å². The van der Waals surface area contributed by atoms with Crippen molar-refractivity contribution < 1.29 is 9.59 Å². The van der Waals surface area contributed by atoms with Gasteiger partial charge in [0.15, 0.2) is 0 Å². The van der Waals surface area contributed by atoms with Gasteiger partial charge in [-0.1, -0.05) is 26.0 Å². The van der Waals surface area contributed by atoms with Crippen molar-refractivity contribution in [1.82, 2.24) is 4.90 Å². The Labute approximate surface area is 183 Å². The van der Waals surface area contributed by atoms with E-state index in [1.807, 2.05) is 41.5 Å². The average Bonchev–Trinajstić information content (AvgIpc) is 3.15. The first-order chi connectivity index (χ1) is 13.4. The highest BCUT2D eigenvalue weighted by atomic mass is 35.5. The third kappa shape index (κ3) is 5.59. The summed E-state index contributed by atoms with van der Waals surface area (Å²) in [4.78, 5) is 27.5. The van der Waals surface area contributed by atoms with Crippen molar-refractivity contribution >= 4 is 40.6 Å². The third-order valence-electron chi connectivity index (χ3n) is 5.45. The van der Waals surface area contributed by atoms with Crippen molar-refractivity contribution in [1.29, 1.82) is 0 Å². The van der Waals surface area contributed by atoms with Gasteiger partial charge in [-0.3, -0.25) is 9.59 Å². The van der Waals surface area contributed by atoms with E-state index in [-0.39, 0.29) is 30.3 Å². The number of likely N-dealkylation sites (tertiary alicyclic amines) is 1. The minimum absolute atomic E-state index is 0. The first-order valence-corrected chi connectivity index (χ1v) is 10.8. The molecule has 1 aromatic heterocycles. The van der Waals surface area contributed by atoms with Gasteiger partial charge in [0, 0.05) is 24.7 Å². The molecule has 158 valence electrons. The molecule has 2 heterocycles. The summed E-state index contributed by atoms with van der Waals surface area (Å²) in [5.74, 6) is 0.521. The molecule has 3 N–H and O–H groups in total. The van der Waals surface area contributed by atoms with Crippen LogP contribution in [0.3, 0.4) is 0 Å². The number of benzene rings is 1. The summed E-state index contributed by atoms with van der Waals surface area (Å²) in [5.41, 5.74) is 8.38. The Morgan fingerprint density at radius 2 is 1.86 bits per heavy atom. The Hall–Kier alpha value is -1.89. The standard InChI is InChI=1S/C22H29N3O2S.ClH/c1-14(2)16-6-8-17(9-7-16)20(26)24-21-19(10-12-28-21)22(27)25-11-4-5-18(13-25)15(3)23;/h6-10,12,14-15,18H,4-5,11,13,23H2,1-3H3,(H,24,26);1H. The van der Waals surface area contributed by atoms with Gasteiger partial charge in [-0.2, -0.15) is 0 Å². The van der Waals surface area contributed by atoms with Gasteiger partial charge in [0.1, 0.15) is 5.00 Å². The van der Waals surface area contributed by atoms with E-state index in [2.05, 4.69) is 19.2 Å². The van der Waals surface area contributed by atoms with Crippen LogP contribution < -0.4 is 11.1 Å². The van der Waals surface area contributed by atoms with Gasteiger partial charge in [0.25, 0.3) is 11.8 Å². The predicted octanol–water partition coefficient (Wildman–Crippen LogP) is 4.75. The zero-order chi connectivity index (χ0) is 20.3. The number of hydrogen-bond acceptors (Lipinski definition) is 4. The van der Waals surface area contributed by atoms with Crippen LogP contribution in [0.5, 0.6) is 0 Å². The summed E-state index contributed by atoms with van der Waals surface area (Å²) >= 11 is 1.38. The Balaban J connectivity index is 0.00000300. The SMILES string of the molecule is CC(C)c1ccc(C(=O)Nc2sccc2C(=O)N2CCCC(C(C)N)C2)cc1.Cl. The Bertz CT molecular complexity index is 833. The fourth-order valence-corrected chi connectivity index (χ4v) is 4.34. The molecule has 7 heteroatoms. The normalized spacial score (nSPS) is 17.6. The summed E-state index contributed by atoms with van der Waals surface area (Å²) in [7, 11) is 0. The molecule has 29 heavy (non-hydrogen) atoms. The minimum Gasteiger partial charge on any atom is -0.338 e. The fraction of sp³-hybridized carbons (Fsp3) is 0.455. The molecule has 1 saturated heterocycles. The van der Waals surface area contributed by atoms with Crippen molar-refractivity contribution in [3.63, 3.8) is 0 Å². The molecule has 2 aromatic rings. The second-order valence-corrected chi connectivity index (χ2v) is 8.82. The lowest BCUT2D eigenvalue weighted by molar-refractivity contribution is 0.0662. The van der Waals surface area contributed by atoms with Gasteiger partial charge in [0.2, 0.25) is 0 Å². The number of carbonyl (C=O) groups excluding carboxylic acids is 2. The lowest BCUT2D eigenvalue weighted by Crippen LogP contribution is -2.45. The van der Waals surface area contributed by atoms with Gasteiger partial charge >= 0.3 is 0 Å². The lowest BCUT2D eigenvalue weighted by atomic mass is 9.92. The highest BCUT2D eigenvalue weighted by molar-refractivity contribution is 7.14. The molecule has 2 unspecified atom stereocenters. The predicted molar refractivity (Wildman–Crippen MR) is 122 cm³/mol. The molecule has 0 radical (unpaired) electrons. The van der Waals surface area contributed by atoms with E-state index < -0.39 is 0 Å². The minimum atomic E-state index is -0.195. The second-order valence-electron chi connectivity index (χ2n) is 7.91. The molecular formula is C22H30ClN3O2S. The van der Waals surface area contributed by atoms with Gasteiger partial charge < -0.3 is 16.0 Å². The maximum Gasteiger partial charge on any atom is 0.256 e. The molecule has 0 bridgehead atoms. The molecule has 2 atom stereocenters. The van der Waals surface area contributed by atoms with Crippen LogP contribution in [0.25, 0.3) is 0 Å². The van der Waals surface area contributed by atoms with Crippen LogP contribution in [0, 0.1) is 5.92 Å². The zero-order valence-electron chi connectivity index (χ0n) is 17.2. The molecule has 1 aliphatic heterocycles. The van der Waals surface area contributed by atoms with Crippen molar-refractivity contribution in [3.05, 3.63) is 52.4 Å². The monoisotopic (exact) mass is 435 g/mol. The molecule has 5 nitrogen and oxygen atoms in total. The van der Waals surface area contributed by atoms with Crippen LogP contribution in [-0.4, -0.2) is 35.8 Å². The number of piperidine rings is 1. The average molecular weight is 436 g/mol. The first-order valence-electron chi connectivity index (χ1n) is 9.90. The van der Waals surface area contributed by atoms with E-state index in [0.717, 1.165) is 19.4 Å². The van der Waals surface area contributed by atoms with E-state index >= 15 is 0 Å². The molecule has 2 amide bonds. The van der Waals surface area contributed by atoms with Crippen LogP contribution in [0.2, 0.25) is 0 Å². The first kappa shape index (κ1) is 23.4. The van der Waals surface area contributed by atoms with Gasteiger partial charge in [-0.15, -0.1) is 23.7 Å². The van der Waals surface area contributed by atoms with Crippen LogP contribution in [0.4, 0.5) is 5.00 Å². The molecule has 0 spiro atoms. The molecule has 3 rings (SSSR count). The Morgan fingerprint density at radius 3 is 2.48 bits per heavy atom. The van der Waals surface area contributed by atoms with E-state index in [1.54, 1.807) is 6.07 Å². The quantitative estimate of drug-likeness (QED) is 0.711. The highest BCUT2D eigenvalue weighted by Gasteiger charge is 2.28. The number of hydrogen-bond donors (Lipinski definition) is 2. The number of carbonyl (C=O) groups is 2. The summed E-state index contributed by atoms with van der Waals surface area (Å²) in [6.45, 7) is 7.65. The molecule has 1 fully saturated rings. The second kappa shape index (κ2) is 10.2. The Morgan fingerprint density at radius 1 is 1.17 bits per heavy atom. The number of nitrogens with two attached hydrogens (primary N) is 1. The molecule has 0 saturated carbocycles. The largest absolute Gasteiger partial charge is 0.338 e. The smallest absolute Gasteiger partial charge is 0.256 e. The summed E-state index contributed by atoms with van der Waals surface area (Å²) in [5, 5.41) is 5.36. The highest BCUT2D eigenvalue weighted by Crippen LogP contribution is 2.28. The zero-order valence-corrected chi connectivity index (χ0v) is 18.8. The van der Waals surface area contributed by atoms with E-state index in [0.29, 0.717) is 34.5 Å². The number of halogens is 1. The number of nitrogens with zero attached hydrogens (tertiary/aromatic N) is 1. The summed E-state index contributed by atoms with van der Waals surface area (Å²) in [6, 6.07) is 9.48. The topological polar surface area (TPSA) is 75.4 Å². The molecular weight excluding hydrogens is 406 g/mol. The number of rotatable bonds is 5. The molecule has 1 aliphatic rings. The van der Waals surface area contributed by atoms with E-state index in [4.69, 9.17) is 5.73 Å².